The number of halogens is 1. The summed E-state index contributed by atoms with van der Waals surface area (Å²) in [5.41, 5.74) is 1.51. The van der Waals surface area contributed by atoms with Gasteiger partial charge in [0.05, 0.1) is 9.40 Å². The predicted octanol–water partition coefficient (Wildman–Crippen LogP) is 3.99. The number of pyridine rings is 1. The number of nitrogens with zero attached hydrogens (tertiary/aromatic N) is 2. The van der Waals surface area contributed by atoms with Crippen LogP contribution in [0.2, 0.25) is 0 Å². The second-order valence-corrected chi connectivity index (χ2v) is 5.33. The zero-order valence-corrected chi connectivity index (χ0v) is 11.9. The Balaban J connectivity index is 2.31. The van der Waals surface area contributed by atoms with Gasteiger partial charge in [-0.25, -0.2) is 0 Å². The maximum Gasteiger partial charge on any atom is 0.311 e. The summed E-state index contributed by atoms with van der Waals surface area (Å²) >= 11 is 4.88. The highest BCUT2D eigenvalue weighted by Gasteiger charge is 2.19. The van der Waals surface area contributed by atoms with Crippen LogP contribution in [0.25, 0.3) is 0 Å². The molecule has 0 aliphatic carbocycles. The predicted molar refractivity (Wildman–Crippen MR) is 74.9 cm³/mol. The van der Waals surface area contributed by atoms with Crippen LogP contribution < -0.4 is 5.32 Å². The van der Waals surface area contributed by atoms with Gasteiger partial charge in [-0.2, -0.15) is 11.3 Å². The number of nitrogens with one attached hydrogen (secondary N) is 1. The van der Waals surface area contributed by atoms with Crippen molar-refractivity contribution in [2.24, 2.45) is 0 Å². The van der Waals surface area contributed by atoms with E-state index in [1.807, 2.05) is 23.8 Å². The Hall–Kier alpha value is -1.47. The molecule has 1 N–H and O–H groups in total. The minimum Gasteiger partial charge on any atom is -0.372 e. The Morgan fingerprint density at radius 2 is 2.33 bits per heavy atom. The molecule has 0 amide bonds. The van der Waals surface area contributed by atoms with Crippen LogP contribution in [0.15, 0.2) is 33.7 Å². The first kappa shape index (κ1) is 13.0. The van der Waals surface area contributed by atoms with Crippen molar-refractivity contribution < 1.29 is 4.92 Å². The molecule has 0 saturated carbocycles. The SMILES string of the molecule is CC(Nc1c(Br)cncc1[N+](=O)[O-])c1ccsc1. The number of hydrogen-bond acceptors (Lipinski definition) is 5. The molecule has 0 radical (unpaired) electrons. The van der Waals surface area contributed by atoms with Crippen molar-refractivity contribution in [1.82, 2.24) is 4.98 Å². The largest absolute Gasteiger partial charge is 0.372 e. The number of anilines is 1. The molecule has 0 saturated heterocycles. The third kappa shape index (κ3) is 2.68. The highest BCUT2D eigenvalue weighted by atomic mass is 79.9. The quantitative estimate of drug-likeness (QED) is 0.681. The first-order chi connectivity index (χ1) is 8.59. The molecule has 5 nitrogen and oxygen atoms in total. The van der Waals surface area contributed by atoms with E-state index in [0.717, 1.165) is 5.56 Å². The van der Waals surface area contributed by atoms with Crippen molar-refractivity contribution in [1.29, 1.82) is 0 Å². The first-order valence-corrected chi connectivity index (χ1v) is 6.89. The topological polar surface area (TPSA) is 68.1 Å². The van der Waals surface area contributed by atoms with E-state index in [0.29, 0.717) is 10.2 Å². The molecule has 1 unspecified atom stereocenters. The third-order valence-corrected chi connectivity index (χ3v) is 3.78. The maximum atomic E-state index is 10.9. The van der Waals surface area contributed by atoms with Crippen LogP contribution in [0.3, 0.4) is 0 Å². The van der Waals surface area contributed by atoms with Crippen molar-refractivity contribution in [2.75, 3.05) is 5.32 Å². The van der Waals surface area contributed by atoms with Gasteiger partial charge >= 0.3 is 5.69 Å². The average Bonchev–Trinajstić information content (AvgIpc) is 2.85. The van der Waals surface area contributed by atoms with Crippen molar-refractivity contribution in [3.63, 3.8) is 0 Å². The summed E-state index contributed by atoms with van der Waals surface area (Å²) in [7, 11) is 0. The number of nitro groups is 1. The number of hydrogen-bond donors (Lipinski definition) is 1. The molecule has 2 aromatic heterocycles. The van der Waals surface area contributed by atoms with Gasteiger partial charge in [0.15, 0.2) is 0 Å². The lowest BCUT2D eigenvalue weighted by atomic mass is 10.1. The fraction of sp³-hybridized carbons (Fsp3) is 0.182. The van der Waals surface area contributed by atoms with Gasteiger partial charge in [0.25, 0.3) is 0 Å². The van der Waals surface area contributed by atoms with Gasteiger partial charge in [0, 0.05) is 12.2 Å². The van der Waals surface area contributed by atoms with E-state index >= 15 is 0 Å². The highest BCUT2D eigenvalue weighted by Crippen LogP contribution is 2.34. The summed E-state index contributed by atoms with van der Waals surface area (Å²) in [5, 5.41) is 18.1. The summed E-state index contributed by atoms with van der Waals surface area (Å²) < 4.78 is 0.582. The van der Waals surface area contributed by atoms with Crippen molar-refractivity contribution >= 4 is 38.6 Å². The third-order valence-electron chi connectivity index (χ3n) is 2.48. The van der Waals surface area contributed by atoms with Gasteiger partial charge < -0.3 is 5.32 Å². The van der Waals surface area contributed by atoms with Crippen LogP contribution in [-0.2, 0) is 0 Å². The van der Waals surface area contributed by atoms with Crippen LogP contribution >= 0.6 is 27.3 Å². The minimum absolute atomic E-state index is 0.00588. The summed E-state index contributed by atoms with van der Waals surface area (Å²) in [6.45, 7) is 1.96. The molecular formula is C11H10BrN3O2S. The molecule has 0 bridgehead atoms. The van der Waals surface area contributed by atoms with E-state index in [2.05, 4.69) is 26.2 Å². The second kappa shape index (κ2) is 5.45. The monoisotopic (exact) mass is 327 g/mol. The zero-order chi connectivity index (χ0) is 13.1. The summed E-state index contributed by atoms with van der Waals surface area (Å²) in [4.78, 5) is 14.3. The molecule has 0 fully saturated rings. The van der Waals surface area contributed by atoms with Crippen LogP contribution in [0.4, 0.5) is 11.4 Å². The van der Waals surface area contributed by atoms with Gasteiger partial charge in [-0.3, -0.25) is 15.1 Å². The van der Waals surface area contributed by atoms with E-state index < -0.39 is 4.92 Å². The summed E-state index contributed by atoms with van der Waals surface area (Å²) in [5.74, 6) is 0. The Kier molecular flexibility index (Phi) is 3.93. The molecular weight excluding hydrogens is 318 g/mol. The molecule has 1 atom stereocenters. The molecule has 0 aliphatic rings. The fourth-order valence-corrected chi connectivity index (χ4v) is 2.72. The number of thiophene rings is 1. The Bertz CT molecular complexity index is 559. The lowest BCUT2D eigenvalue weighted by Crippen LogP contribution is -2.08. The van der Waals surface area contributed by atoms with Gasteiger partial charge in [-0.15, -0.1) is 0 Å². The average molecular weight is 328 g/mol. The van der Waals surface area contributed by atoms with E-state index in [4.69, 9.17) is 0 Å². The van der Waals surface area contributed by atoms with Crippen molar-refractivity contribution in [2.45, 2.75) is 13.0 Å². The smallest absolute Gasteiger partial charge is 0.311 e. The molecule has 0 aliphatic heterocycles. The first-order valence-electron chi connectivity index (χ1n) is 5.16. The van der Waals surface area contributed by atoms with Crippen LogP contribution in [0, 0.1) is 10.1 Å². The Morgan fingerprint density at radius 1 is 1.56 bits per heavy atom. The van der Waals surface area contributed by atoms with E-state index in [1.54, 1.807) is 11.3 Å². The molecule has 7 heteroatoms. The van der Waals surface area contributed by atoms with Gasteiger partial charge in [-0.05, 0) is 45.2 Å². The molecule has 0 aromatic carbocycles. The van der Waals surface area contributed by atoms with Gasteiger partial charge in [0.2, 0.25) is 0 Å². The summed E-state index contributed by atoms with van der Waals surface area (Å²) in [6, 6.07) is 1.98. The molecule has 18 heavy (non-hydrogen) atoms. The Morgan fingerprint density at radius 3 is 2.94 bits per heavy atom. The molecule has 2 aromatic rings. The normalized spacial score (nSPS) is 12.1. The molecule has 94 valence electrons. The van der Waals surface area contributed by atoms with Crippen molar-refractivity contribution in [3.8, 4) is 0 Å². The molecule has 2 rings (SSSR count). The number of rotatable bonds is 4. The minimum atomic E-state index is -0.444. The van der Waals surface area contributed by atoms with E-state index in [-0.39, 0.29) is 11.7 Å². The standard InChI is InChI=1S/C11H10BrN3O2S/c1-7(8-2-3-18-6-8)14-11-9(12)4-13-5-10(11)15(16)17/h2-7H,1H3,(H,13,14). The lowest BCUT2D eigenvalue weighted by molar-refractivity contribution is -0.384. The van der Waals surface area contributed by atoms with Crippen LogP contribution in [0.5, 0.6) is 0 Å². The van der Waals surface area contributed by atoms with E-state index in [1.165, 1.54) is 12.4 Å². The zero-order valence-electron chi connectivity index (χ0n) is 9.46. The van der Waals surface area contributed by atoms with E-state index in [9.17, 15) is 10.1 Å². The molecule has 2 heterocycles. The Labute approximate surface area is 116 Å². The van der Waals surface area contributed by atoms with Crippen LogP contribution in [0.1, 0.15) is 18.5 Å². The lowest BCUT2D eigenvalue weighted by Gasteiger charge is -2.15. The second-order valence-electron chi connectivity index (χ2n) is 3.70. The van der Waals surface area contributed by atoms with Gasteiger partial charge in [-0.1, -0.05) is 0 Å². The molecule has 0 spiro atoms. The van der Waals surface area contributed by atoms with Crippen molar-refractivity contribution in [3.05, 3.63) is 49.4 Å². The fourth-order valence-electron chi connectivity index (χ4n) is 1.53. The number of aromatic nitrogens is 1. The highest BCUT2D eigenvalue weighted by molar-refractivity contribution is 9.10. The maximum absolute atomic E-state index is 10.9. The van der Waals surface area contributed by atoms with Crippen LogP contribution in [-0.4, -0.2) is 9.91 Å². The van der Waals surface area contributed by atoms with Gasteiger partial charge in [0.1, 0.15) is 11.9 Å². The summed E-state index contributed by atoms with van der Waals surface area (Å²) in [6.07, 6.45) is 2.78.